The van der Waals surface area contributed by atoms with Crippen molar-refractivity contribution in [3.63, 3.8) is 0 Å². The number of carbonyl (C=O) groups is 1. The minimum Gasteiger partial charge on any atom is -0.301 e. The van der Waals surface area contributed by atoms with Gasteiger partial charge in [0.05, 0.1) is 0 Å². The van der Waals surface area contributed by atoms with Gasteiger partial charge in [-0.1, -0.05) is 6.42 Å². The van der Waals surface area contributed by atoms with E-state index in [2.05, 4.69) is 17.2 Å². The molecule has 3 N–H and O–H groups in total. The second kappa shape index (κ2) is 6.80. The highest BCUT2D eigenvalue weighted by atomic mass is 16.2. The number of hydrazine groups is 1. The summed E-state index contributed by atoms with van der Waals surface area (Å²) >= 11 is 0. The third-order valence-corrected chi connectivity index (χ3v) is 3.20. The molecule has 0 bridgehead atoms. The lowest BCUT2D eigenvalue weighted by atomic mass is 10.1. The van der Waals surface area contributed by atoms with Crippen LogP contribution in [0, 0.1) is 0 Å². The van der Waals surface area contributed by atoms with E-state index in [1.165, 1.54) is 32.4 Å². The Morgan fingerprint density at radius 1 is 1.47 bits per heavy atom. The summed E-state index contributed by atoms with van der Waals surface area (Å²) in [6.07, 6.45) is 6.52. The first-order valence-electron chi connectivity index (χ1n) is 5.97. The lowest BCUT2D eigenvalue weighted by Gasteiger charge is -2.20. The van der Waals surface area contributed by atoms with Gasteiger partial charge in [0.1, 0.15) is 0 Å². The van der Waals surface area contributed by atoms with Gasteiger partial charge in [0.25, 0.3) is 0 Å². The number of rotatable bonds is 6. The molecule has 1 atom stereocenters. The lowest BCUT2D eigenvalue weighted by molar-refractivity contribution is -0.121. The maximum absolute atomic E-state index is 10.8. The van der Waals surface area contributed by atoms with E-state index in [0.29, 0.717) is 6.42 Å². The smallest absolute Gasteiger partial charge is 0.233 e. The predicted molar refractivity (Wildman–Crippen MR) is 61.1 cm³/mol. The number of amides is 1. The van der Waals surface area contributed by atoms with Crippen molar-refractivity contribution in [2.45, 2.75) is 51.5 Å². The Labute approximate surface area is 92.2 Å². The molecular weight excluding hydrogens is 190 g/mol. The van der Waals surface area contributed by atoms with E-state index in [1.54, 1.807) is 0 Å². The van der Waals surface area contributed by atoms with Gasteiger partial charge in [0.2, 0.25) is 5.91 Å². The minimum absolute atomic E-state index is 0.0514. The van der Waals surface area contributed by atoms with Crippen LogP contribution in [-0.4, -0.2) is 29.9 Å². The Morgan fingerprint density at radius 2 is 2.27 bits per heavy atom. The van der Waals surface area contributed by atoms with Crippen LogP contribution in [0.5, 0.6) is 0 Å². The largest absolute Gasteiger partial charge is 0.301 e. The Kier molecular flexibility index (Phi) is 5.65. The SMILES string of the molecule is CC1CCCN1CCCCCC(=O)NN. The molecule has 88 valence electrons. The van der Waals surface area contributed by atoms with E-state index < -0.39 is 0 Å². The van der Waals surface area contributed by atoms with E-state index >= 15 is 0 Å². The van der Waals surface area contributed by atoms with Crippen LogP contribution < -0.4 is 11.3 Å². The molecule has 1 aliphatic rings. The van der Waals surface area contributed by atoms with Crippen LogP contribution in [0.15, 0.2) is 0 Å². The first-order valence-corrected chi connectivity index (χ1v) is 5.97. The van der Waals surface area contributed by atoms with Crippen LogP contribution >= 0.6 is 0 Å². The predicted octanol–water partition coefficient (Wildman–Crippen LogP) is 1.02. The van der Waals surface area contributed by atoms with Crippen molar-refractivity contribution in [2.24, 2.45) is 5.84 Å². The number of hydrogen-bond donors (Lipinski definition) is 2. The molecule has 0 aromatic rings. The molecule has 0 saturated carbocycles. The van der Waals surface area contributed by atoms with Crippen LogP contribution in [0.25, 0.3) is 0 Å². The summed E-state index contributed by atoms with van der Waals surface area (Å²) in [6, 6.07) is 0.761. The Balaban J connectivity index is 1.95. The van der Waals surface area contributed by atoms with Gasteiger partial charge in [-0.2, -0.15) is 0 Å². The zero-order valence-corrected chi connectivity index (χ0v) is 9.67. The van der Waals surface area contributed by atoms with E-state index in [-0.39, 0.29) is 5.91 Å². The minimum atomic E-state index is -0.0514. The van der Waals surface area contributed by atoms with Gasteiger partial charge in [0.15, 0.2) is 0 Å². The summed E-state index contributed by atoms with van der Waals surface area (Å²) in [7, 11) is 0. The third-order valence-electron chi connectivity index (χ3n) is 3.20. The van der Waals surface area contributed by atoms with Gasteiger partial charge in [-0.25, -0.2) is 5.84 Å². The molecule has 1 aliphatic heterocycles. The number of nitrogens with zero attached hydrogens (tertiary/aromatic N) is 1. The zero-order chi connectivity index (χ0) is 11.1. The van der Waals surface area contributed by atoms with Crippen molar-refractivity contribution < 1.29 is 4.79 Å². The molecule has 1 rings (SSSR count). The van der Waals surface area contributed by atoms with Crippen LogP contribution in [-0.2, 0) is 4.79 Å². The molecule has 4 heteroatoms. The average Bonchev–Trinajstić information content (AvgIpc) is 2.63. The average molecular weight is 213 g/mol. The van der Waals surface area contributed by atoms with Crippen molar-refractivity contribution in [2.75, 3.05) is 13.1 Å². The van der Waals surface area contributed by atoms with Crippen molar-refractivity contribution >= 4 is 5.91 Å². The van der Waals surface area contributed by atoms with E-state index in [9.17, 15) is 4.79 Å². The van der Waals surface area contributed by atoms with Crippen molar-refractivity contribution in [3.05, 3.63) is 0 Å². The molecule has 0 aliphatic carbocycles. The highest BCUT2D eigenvalue weighted by Crippen LogP contribution is 2.16. The molecule has 0 aromatic carbocycles. The van der Waals surface area contributed by atoms with Gasteiger partial charge < -0.3 is 4.90 Å². The fourth-order valence-electron chi connectivity index (χ4n) is 2.17. The Morgan fingerprint density at radius 3 is 2.87 bits per heavy atom. The molecule has 0 aromatic heterocycles. The number of unbranched alkanes of at least 4 members (excludes halogenated alkanes) is 2. The third kappa shape index (κ3) is 4.62. The summed E-state index contributed by atoms with van der Waals surface area (Å²) in [5.74, 6) is 4.95. The molecule has 1 saturated heterocycles. The molecule has 1 heterocycles. The number of nitrogens with two attached hydrogens (primary N) is 1. The fraction of sp³-hybridized carbons (Fsp3) is 0.909. The molecular formula is C11H23N3O. The van der Waals surface area contributed by atoms with Crippen LogP contribution in [0.4, 0.5) is 0 Å². The Hall–Kier alpha value is -0.610. The number of nitrogens with one attached hydrogen (secondary N) is 1. The molecule has 0 spiro atoms. The summed E-state index contributed by atoms with van der Waals surface area (Å²) in [4.78, 5) is 13.4. The van der Waals surface area contributed by atoms with Gasteiger partial charge in [-0.05, 0) is 45.7 Å². The lowest BCUT2D eigenvalue weighted by Crippen LogP contribution is -2.30. The van der Waals surface area contributed by atoms with E-state index in [0.717, 1.165) is 18.9 Å². The van der Waals surface area contributed by atoms with Crippen molar-refractivity contribution in [1.29, 1.82) is 0 Å². The van der Waals surface area contributed by atoms with Crippen molar-refractivity contribution in [1.82, 2.24) is 10.3 Å². The summed E-state index contributed by atoms with van der Waals surface area (Å²) in [5.41, 5.74) is 2.15. The van der Waals surface area contributed by atoms with Crippen molar-refractivity contribution in [3.8, 4) is 0 Å². The molecule has 0 radical (unpaired) electrons. The van der Waals surface area contributed by atoms with Gasteiger partial charge in [-0.15, -0.1) is 0 Å². The van der Waals surface area contributed by atoms with Crippen LogP contribution in [0.3, 0.4) is 0 Å². The highest BCUT2D eigenvalue weighted by molar-refractivity contribution is 5.74. The second-order valence-electron chi connectivity index (χ2n) is 4.41. The number of likely N-dealkylation sites (tertiary alicyclic amines) is 1. The normalized spacial score (nSPS) is 21.9. The topological polar surface area (TPSA) is 58.4 Å². The quantitative estimate of drug-likeness (QED) is 0.300. The molecule has 1 unspecified atom stereocenters. The second-order valence-corrected chi connectivity index (χ2v) is 4.41. The van der Waals surface area contributed by atoms with E-state index in [1.807, 2.05) is 0 Å². The number of carbonyl (C=O) groups excluding carboxylic acids is 1. The molecule has 1 fully saturated rings. The van der Waals surface area contributed by atoms with Crippen LogP contribution in [0.1, 0.15) is 45.4 Å². The first-order chi connectivity index (χ1) is 7.24. The summed E-state index contributed by atoms with van der Waals surface area (Å²) < 4.78 is 0. The first kappa shape index (κ1) is 12.5. The summed E-state index contributed by atoms with van der Waals surface area (Å²) in [6.45, 7) is 4.74. The van der Waals surface area contributed by atoms with Gasteiger partial charge in [0, 0.05) is 12.5 Å². The monoisotopic (exact) mass is 213 g/mol. The number of hydrogen-bond acceptors (Lipinski definition) is 3. The summed E-state index contributed by atoms with van der Waals surface area (Å²) in [5, 5.41) is 0. The van der Waals surface area contributed by atoms with Gasteiger partial charge in [-0.3, -0.25) is 10.2 Å². The van der Waals surface area contributed by atoms with Gasteiger partial charge >= 0.3 is 0 Å². The maximum Gasteiger partial charge on any atom is 0.233 e. The standard InChI is InChI=1S/C11H23N3O/c1-10-6-5-9-14(10)8-4-2-3-7-11(15)13-12/h10H,2-9,12H2,1H3,(H,13,15). The molecule has 1 amide bonds. The molecule has 15 heavy (non-hydrogen) atoms. The highest BCUT2D eigenvalue weighted by Gasteiger charge is 2.18. The van der Waals surface area contributed by atoms with Crippen LogP contribution in [0.2, 0.25) is 0 Å². The fourth-order valence-corrected chi connectivity index (χ4v) is 2.17. The molecule has 4 nitrogen and oxygen atoms in total. The Bertz CT molecular complexity index is 196. The maximum atomic E-state index is 10.8. The zero-order valence-electron chi connectivity index (χ0n) is 9.67. The van der Waals surface area contributed by atoms with E-state index in [4.69, 9.17) is 5.84 Å².